The van der Waals surface area contributed by atoms with E-state index in [2.05, 4.69) is 15.3 Å². The number of benzene rings is 1. The number of hydrogen-bond acceptors (Lipinski definition) is 6. The maximum atomic E-state index is 12.6. The summed E-state index contributed by atoms with van der Waals surface area (Å²) in [6.07, 6.45) is 7.74. The van der Waals surface area contributed by atoms with Crippen molar-refractivity contribution >= 4 is 11.9 Å². The third kappa shape index (κ3) is 3.71. The van der Waals surface area contributed by atoms with Crippen molar-refractivity contribution in [2.24, 2.45) is 0 Å². The molecule has 0 spiro atoms. The number of rotatable bonds is 4. The van der Waals surface area contributed by atoms with Crippen LogP contribution in [-0.2, 0) is 6.54 Å². The standard InChI is InChI=1S/C19H22N4O3/c24-18(23-7-3-1-2-4-8-23)15-11-21-19(22-12-15)20-10-14-5-6-16-17(9-14)26-13-25-16/h5-6,9,11-12H,1-4,7-8,10,13H2,(H,20,21,22). The maximum absolute atomic E-state index is 12.6. The molecule has 1 aromatic heterocycles. The van der Waals surface area contributed by atoms with Gasteiger partial charge in [-0.2, -0.15) is 0 Å². The van der Waals surface area contributed by atoms with Crippen molar-refractivity contribution in [1.29, 1.82) is 0 Å². The number of carbonyl (C=O) groups excluding carboxylic acids is 1. The zero-order valence-electron chi connectivity index (χ0n) is 14.6. The lowest BCUT2D eigenvalue weighted by atomic mass is 10.2. The lowest BCUT2D eigenvalue weighted by Crippen LogP contribution is -2.32. The molecule has 1 aromatic carbocycles. The summed E-state index contributed by atoms with van der Waals surface area (Å²) in [6.45, 7) is 2.48. The van der Waals surface area contributed by atoms with Crippen molar-refractivity contribution in [3.05, 3.63) is 41.7 Å². The first-order valence-electron chi connectivity index (χ1n) is 9.03. The van der Waals surface area contributed by atoms with Crippen molar-refractivity contribution in [2.45, 2.75) is 32.2 Å². The van der Waals surface area contributed by atoms with E-state index in [1.54, 1.807) is 12.4 Å². The van der Waals surface area contributed by atoms with Gasteiger partial charge in [-0.05, 0) is 30.5 Å². The first-order valence-corrected chi connectivity index (χ1v) is 9.03. The van der Waals surface area contributed by atoms with Crippen LogP contribution in [0, 0.1) is 0 Å². The molecule has 2 aliphatic heterocycles. The summed E-state index contributed by atoms with van der Waals surface area (Å²) in [7, 11) is 0. The van der Waals surface area contributed by atoms with Gasteiger partial charge in [0.2, 0.25) is 12.7 Å². The van der Waals surface area contributed by atoms with E-state index in [0.717, 1.165) is 43.0 Å². The first kappa shape index (κ1) is 16.6. The monoisotopic (exact) mass is 354 g/mol. The largest absolute Gasteiger partial charge is 0.454 e. The third-order valence-electron chi connectivity index (χ3n) is 4.68. The molecule has 1 saturated heterocycles. The van der Waals surface area contributed by atoms with Gasteiger partial charge in [0.15, 0.2) is 11.5 Å². The van der Waals surface area contributed by atoms with Crippen molar-refractivity contribution in [3.63, 3.8) is 0 Å². The summed E-state index contributed by atoms with van der Waals surface area (Å²) < 4.78 is 10.7. The number of likely N-dealkylation sites (tertiary alicyclic amines) is 1. The molecule has 4 rings (SSSR count). The summed E-state index contributed by atoms with van der Waals surface area (Å²) in [5.41, 5.74) is 1.59. The van der Waals surface area contributed by atoms with Gasteiger partial charge < -0.3 is 19.7 Å². The fourth-order valence-electron chi connectivity index (χ4n) is 3.22. The van der Waals surface area contributed by atoms with Crippen LogP contribution in [0.15, 0.2) is 30.6 Å². The van der Waals surface area contributed by atoms with Gasteiger partial charge >= 0.3 is 0 Å². The molecular formula is C19H22N4O3. The fraction of sp³-hybridized carbons (Fsp3) is 0.421. The van der Waals surface area contributed by atoms with Gasteiger partial charge in [0.25, 0.3) is 5.91 Å². The van der Waals surface area contributed by atoms with Crippen LogP contribution in [-0.4, -0.2) is 40.7 Å². The fourth-order valence-corrected chi connectivity index (χ4v) is 3.22. The minimum absolute atomic E-state index is 0.0224. The Hall–Kier alpha value is -2.83. The molecule has 0 saturated carbocycles. The Morgan fingerprint density at radius 3 is 2.54 bits per heavy atom. The molecule has 1 N–H and O–H groups in total. The zero-order valence-corrected chi connectivity index (χ0v) is 14.6. The summed E-state index contributed by atoms with van der Waals surface area (Å²) in [5, 5.41) is 3.16. The van der Waals surface area contributed by atoms with Crippen LogP contribution < -0.4 is 14.8 Å². The Kier molecular flexibility index (Phi) is 4.86. The van der Waals surface area contributed by atoms with Crippen LogP contribution in [0.4, 0.5) is 5.95 Å². The molecule has 7 nitrogen and oxygen atoms in total. The molecule has 0 bridgehead atoms. The van der Waals surface area contributed by atoms with Crippen LogP contribution in [0.2, 0.25) is 0 Å². The number of amides is 1. The molecule has 26 heavy (non-hydrogen) atoms. The van der Waals surface area contributed by atoms with Crippen molar-refractivity contribution in [1.82, 2.24) is 14.9 Å². The Morgan fingerprint density at radius 2 is 1.77 bits per heavy atom. The second-order valence-electron chi connectivity index (χ2n) is 6.54. The van der Waals surface area contributed by atoms with Crippen LogP contribution in [0.25, 0.3) is 0 Å². The highest BCUT2D eigenvalue weighted by atomic mass is 16.7. The summed E-state index contributed by atoms with van der Waals surface area (Å²) in [6, 6.07) is 5.80. The van der Waals surface area contributed by atoms with E-state index in [4.69, 9.17) is 9.47 Å². The van der Waals surface area contributed by atoms with Crippen LogP contribution in [0.1, 0.15) is 41.6 Å². The molecule has 2 aromatic rings. The molecule has 1 fully saturated rings. The predicted octanol–water partition coefficient (Wildman–Crippen LogP) is 2.83. The molecule has 0 atom stereocenters. The van der Waals surface area contributed by atoms with Gasteiger partial charge in [0.05, 0.1) is 5.56 Å². The van der Waals surface area contributed by atoms with Gasteiger partial charge in [0.1, 0.15) is 0 Å². The topological polar surface area (TPSA) is 76.6 Å². The Balaban J connectivity index is 1.36. The number of nitrogens with one attached hydrogen (secondary N) is 1. The Labute approximate surface area is 152 Å². The second kappa shape index (κ2) is 7.59. The molecule has 1 amide bonds. The molecular weight excluding hydrogens is 332 g/mol. The third-order valence-corrected chi connectivity index (χ3v) is 4.68. The minimum atomic E-state index is 0.0224. The van der Waals surface area contributed by atoms with E-state index in [0.29, 0.717) is 18.1 Å². The van der Waals surface area contributed by atoms with E-state index in [1.165, 1.54) is 12.8 Å². The molecule has 0 aliphatic carbocycles. The lowest BCUT2D eigenvalue weighted by Gasteiger charge is -2.19. The van der Waals surface area contributed by atoms with Crippen LogP contribution in [0.3, 0.4) is 0 Å². The summed E-state index contributed by atoms with van der Waals surface area (Å²) in [4.78, 5) is 23.0. The van der Waals surface area contributed by atoms with Gasteiger partial charge in [-0.3, -0.25) is 4.79 Å². The number of nitrogens with zero attached hydrogens (tertiary/aromatic N) is 3. The summed E-state index contributed by atoms with van der Waals surface area (Å²) >= 11 is 0. The predicted molar refractivity (Wildman–Crippen MR) is 96.3 cm³/mol. The van der Waals surface area contributed by atoms with Gasteiger partial charge in [-0.25, -0.2) is 9.97 Å². The number of hydrogen-bond donors (Lipinski definition) is 1. The average molecular weight is 354 g/mol. The first-order chi connectivity index (χ1) is 12.8. The maximum Gasteiger partial charge on any atom is 0.256 e. The van der Waals surface area contributed by atoms with Gasteiger partial charge in [-0.1, -0.05) is 18.9 Å². The molecule has 3 heterocycles. The smallest absolute Gasteiger partial charge is 0.256 e. The van der Waals surface area contributed by atoms with E-state index in [1.807, 2.05) is 23.1 Å². The summed E-state index contributed by atoms with van der Waals surface area (Å²) in [5.74, 6) is 2.04. The number of anilines is 1. The van der Waals surface area contributed by atoms with E-state index in [9.17, 15) is 4.79 Å². The highest BCUT2D eigenvalue weighted by Gasteiger charge is 2.18. The highest BCUT2D eigenvalue weighted by Crippen LogP contribution is 2.32. The normalized spacial score (nSPS) is 16.2. The van der Waals surface area contributed by atoms with Crippen LogP contribution >= 0.6 is 0 Å². The number of ether oxygens (including phenoxy) is 2. The zero-order chi connectivity index (χ0) is 17.8. The van der Waals surface area contributed by atoms with E-state index >= 15 is 0 Å². The average Bonchev–Trinajstić information content (AvgIpc) is 2.98. The molecule has 0 radical (unpaired) electrons. The number of fused-ring (bicyclic) bond motifs is 1. The molecule has 0 unspecified atom stereocenters. The van der Waals surface area contributed by atoms with Gasteiger partial charge in [-0.15, -0.1) is 0 Å². The second-order valence-corrected chi connectivity index (χ2v) is 6.54. The molecule has 2 aliphatic rings. The SMILES string of the molecule is O=C(c1cnc(NCc2ccc3c(c2)OCO3)nc1)N1CCCCCC1. The molecule has 7 heteroatoms. The Morgan fingerprint density at radius 1 is 1.04 bits per heavy atom. The quantitative estimate of drug-likeness (QED) is 0.910. The van der Waals surface area contributed by atoms with Crippen LogP contribution in [0.5, 0.6) is 11.5 Å². The minimum Gasteiger partial charge on any atom is -0.454 e. The van der Waals surface area contributed by atoms with E-state index < -0.39 is 0 Å². The Bertz CT molecular complexity index is 771. The van der Waals surface area contributed by atoms with Crippen molar-refractivity contribution in [3.8, 4) is 11.5 Å². The van der Waals surface area contributed by atoms with E-state index in [-0.39, 0.29) is 12.7 Å². The number of aromatic nitrogens is 2. The number of carbonyl (C=O) groups is 1. The van der Waals surface area contributed by atoms with Crippen molar-refractivity contribution < 1.29 is 14.3 Å². The van der Waals surface area contributed by atoms with Crippen molar-refractivity contribution in [2.75, 3.05) is 25.2 Å². The molecule has 136 valence electrons. The lowest BCUT2D eigenvalue weighted by molar-refractivity contribution is 0.0761. The van der Waals surface area contributed by atoms with Gasteiger partial charge in [0, 0.05) is 32.0 Å². The highest BCUT2D eigenvalue weighted by molar-refractivity contribution is 5.93.